The van der Waals surface area contributed by atoms with E-state index in [-0.39, 0.29) is 12.3 Å². The van der Waals surface area contributed by atoms with E-state index in [1.165, 1.54) is 5.56 Å². The van der Waals surface area contributed by atoms with Crippen LogP contribution in [0.5, 0.6) is 0 Å². The van der Waals surface area contributed by atoms with Gasteiger partial charge in [-0.25, -0.2) is 0 Å². The smallest absolute Gasteiger partial charge is 0.307 e. The summed E-state index contributed by atoms with van der Waals surface area (Å²) in [5.41, 5.74) is 6.61. The number of rotatable bonds is 12. The van der Waals surface area contributed by atoms with Crippen molar-refractivity contribution in [3.63, 3.8) is 0 Å². The van der Waals surface area contributed by atoms with Crippen LogP contribution >= 0.6 is 7.37 Å². The summed E-state index contributed by atoms with van der Waals surface area (Å²) in [5.74, 6) is -1.73. The van der Waals surface area contributed by atoms with Gasteiger partial charge in [0.25, 0.3) is 0 Å². The summed E-state index contributed by atoms with van der Waals surface area (Å²) in [4.78, 5) is 21.3. The Hall–Kier alpha value is -1.16. The number of aliphatic carboxylic acids is 1. The molecule has 0 aliphatic carbocycles. The number of aryl methyl sites for hydroxylation is 1. The molecule has 4 N–H and O–H groups in total. The van der Waals surface area contributed by atoms with E-state index in [2.05, 4.69) is 0 Å². The lowest BCUT2D eigenvalue weighted by Crippen LogP contribution is -2.19. The van der Waals surface area contributed by atoms with Gasteiger partial charge in [-0.3, -0.25) is 9.36 Å². The molecule has 1 rings (SSSR count). The fourth-order valence-electron chi connectivity index (χ4n) is 2.60. The van der Waals surface area contributed by atoms with Gasteiger partial charge in [0.15, 0.2) is 0 Å². The molecule has 0 aromatic heterocycles. The van der Waals surface area contributed by atoms with E-state index >= 15 is 0 Å². The van der Waals surface area contributed by atoms with Crippen molar-refractivity contribution in [2.75, 3.05) is 18.9 Å². The number of nitrogens with two attached hydrogens (primary N) is 1. The molecule has 0 spiro atoms. The zero-order valence-electron chi connectivity index (χ0n) is 13.6. The molecule has 2 atom stereocenters. The molecule has 0 saturated carbocycles. The van der Waals surface area contributed by atoms with Crippen LogP contribution in [0.15, 0.2) is 30.3 Å². The minimum Gasteiger partial charge on any atom is -0.481 e. The molecule has 0 aliphatic rings. The maximum absolute atomic E-state index is 12.2. The van der Waals surface area contributed by atoms with E-state index in [1.807, 2.05) is 30.3 Å². The van der Waals surface area contributed by atoms with E-state index in [0.717, 1.165) is 19.3 Å². The third-order valence-corrected chi connectivity index (χ3v) is 5.95. The summed E-state index contributed by atoms with van der Waals surface area (Å²) in [7, 11) is -3.38. The lowest BCUT2D eigenvalue weighted by atomic mass is 10.0. The third kappa shape index (κ3) is 8.89. The highest BCUT2D eigenvalue weighted by Gasteiger charge is 2.28. The second-order valence-corrected chi connectivity index (χ2v) is 8.52. The largest absolute Gasteiger partial charge is 0.481 e. The molecule has 5 nitrogen and oxygen atoms in total. The Labute approximate surface area is 138 Å². The van der Waals surface area contributed by atoms with Gasteiger partial charge in [0.05, 0.1) is 5.92 Å². The van der Waals surface area contributed by atoms with E-state index in [9.17, 15) is 19.4 Å². The lowest BCUT2D eigenvalue weighted by molar-refractivity contribution is -0.141. The third-order valence-electron chi connectivity index (χ3n) is 3.93. The Balaban J connectivity index is 2.35. The number of hydrogen-bond donors (Lipinski definition) is 3. The number of unbranched alkanes of at least 4 members (excludes halogenated alkanes) is 2. The molecule has 23 heavy (non-hydrogen) atoms. The first-order valence-electron chi connectivity index (χ1n) is 8.22. The standard InChI is InChI=1S/C17H28NO4P/c18-12-6-4-11-16(17(19)20)14-23(21,22)13-7-5-10-15-8-2-1-3-9-15/h1-3,8-9,16H,4-7,10-14,18H2,(H,19,20)(H,21,22). The van der Waals surface area contributed by atoms with Gasteiger partial charge in [-0.05, 0) is 44.2 Å². The monoisotopic (exact) mass is 341 g/mol. The molecule has 0 amide bonds. The molecule has 1 aromatic rings. The normalized spacial score (nSPS) is 15.0. The van der Waals surface area contributed by atoms with Gasteiger partial charge in [0, 0.05) is 12.3 Å². The summed E-state index contributed by atoms with van der Waals surface area (Å²) in [5, 5.41) is 9.19. The maximum atomic E-state index is 12.2. The Morgan fingerprint density at radius 3 is 2.43 bits per heavy atom. The summed E-state index contributed by atoms with van der Waals surface area (Å²) < 4.78 is 12.2. The van der Waals surface area contributed by atoms with Crippen molar-refractivity contribution in [1.82, 2.24) is 0 Å². The first-order chi connectivity index (χ1) is 10.9. The van der Waals surface area contributed by atoms with Crippen molar-refractivity contribution in [2.24, 2.45) is 11.7 Å². The van der Waals surface area contributed by atoms with Crippen molar-refractivity contribution < 1.29 is 19.4 Å². The fraction of sp³-hybridized carbons (Fsp3) is 0.588. The van der Waals surface area contributed by atoms with Crippen LogP contribution in [0, 0.1) is 5.92 Å². The van der Waals surface area contributed by atoms with Crippen molar-refractivity contribution in [2.45, 2.75) is 38.5 Å². The average molecular weight is 341 g/mol. The number of carboxylic acid groups (broad SMARTS) is 1. The SMILES string of the molecule is NCCCCC(CP(=O)(O)CCCCc1ccccc1)C(=O)O. The van der Waals surface area contributed by atoms with Gasteiger partial charge in [-0.15, -0.1) is 0 Å². The first-order valence-corrected chi connectivity index (χ1v) is 10.3. The fourth-order valence-corrected chi connectivity index (χ4v) is 4.52. The van der Waals surface area contributed by atoms with Crippen LogP contribution in [-0.4, -0.2) is 34.8 Å². The van der Waals surface area contributed by atoms with E-state index in [4.69, 9.17) is 5.73 Å². The molecule has 0 fully saturated rings. The van der Waals surface area contributed by atoms with Crippen molar-refractivity contribution >= 4 is 13.3 Å². The quantitative estimate of drug-likeness (QED) is 0.400. The molecule has 0 saturated heterocycles. The van der Waals surface area contributed by atoms with Crippen LogP contribution in [0.25, 0.3) is 0 Å². The highest BCUT2D eigenvalue weighted by atomic mass is 31.2. The van der Waals surface area contributed by atoms with E-state index < -0.39 is 19.3 Å². The van der Waals surface area contributed by atoms with Crippen LogP contribution in [0.2, 0.25) is 0 Å². The molecular weight excluding hydrogens is 313 g/mol. The number of carboxylic acids is 1. The number of benzene rings is 1. The van der Waals surface area contributed by atoms with Crippen molar-refractivity contribution in [1.29, 1.82) is 0 Å². The lowest BCUT2D eigenvalue weighted by Gasteiger charge is -2.17. The number of hydrogen-bond acceptors (Lipinski definition) is 3. The molecule has 6 heteroatoms. The Morgan fingerprint density at radius 1 is 1.13 bits per heavy atom. The minimum absolute atomic E-state index is 0.127. The second kappa shape index (κ2) is 10.6. The summed E-state index contributed by atoms with van der Waals surface area (Å²) >= 11 is 0. The Morgan fingerprint density at radius 2 is 1.83 bits per heavy atom. The van der Waals surface area contributed by atoms with Gasteiger partial charge in [-0.1, -0.05) is 36.8 Å². The molecule has 0 radical (unpaired) electrons. The molecule has 130 valence electrons. The highest BCUT2D eigenvalue weighted by Crippen LogP contribution is 2.44. The second-order valence-electron chi connectivity index (χ2n) is 6.01. The van der Waals surface area contributed by atoms with E-state index in [0.29, 0.717) is 25.8 Å². The average Bonchev–Trinajstić information content (AvgIpc) is 2.51. The molecule has 0 aliphatic heterocycles. The van der Waals surface area contributed by atoms with Gasteiger partial charge in [0.1, 0.15) is 0 Å². The predicted molar refractivity (Wildman–Crippen MR) is 93.0 cm³/mol. The van der Waals surface area contributed by atoms with Gasteiger partial charge >= 0.3 is 5.97 Å². The van der Waals surface area contributed by atoms with Crippen molar-refractivity contribution in [3.05, 3.63) is 35.9 Å². The molecule has 0 bridgehead atoms. The van der Waals surface area contributed by atoms with Crippen LogP contribution in [0.1, 0.15) is 37.7 Å². The summed E-state index contributed by atoms with van der Waals surface area (Å²) in [6.07, 6.45) is 4.26. The molecule has 1 aromatic carbocycles. The summed E-state index contributed by atoms with van der Waals surface area (Å²) in [6, 6.07) is 9.99. The zero-order chi connectivity index (χ0) is 17.1. The molecular formula is C17H28NO4P. The topological polar surface area (TPSA) is 101 Å². The highest BCUT2D eigenvalue weighted by molar-refractivity contribution is 7.58. The van der Waals surface area contributed by atoms with E-state index in [1.54, 1.807) is 0 Å². The Bertz CT molecular complexity index is 507. The van der Waals surface area contributed by atoms with Crippen LogP contribution < -0.4 is 5.73 Å². The Kier molecular flexibility index (Phi) is 9.15. The van der Waals surface area contributed by atoms with Gasteiger partial charge < -0.3 is 15.7 Å². The first kappa shape index (κ1) is 19.9. The minimum atomic E-state index is -3.38. The number of carbonyl (C=O) groups is 1. The van der Waals surface area contributed by atoms with Crippen molar-refractivity contribution in [3.8, 4) is 0 Å². The van der Waals surface area contributed by atoms with Crippen LogP contribution in [0.3, 0.4) is 0 Å². The summed E-state index contributed by atoms with van der Waals surface area (Å²) in [6.45, 7) is 0.516. The van der Waals surface area contributed by atoms with Gasteiger partial charge in [0.2, 0.25) is 7.37 Å². The molecule has 0 heterocycles. The van der Waals surface area contributed by atoms with Crippen LogP contribution in [-0.2, 0) is 15.8 Å². The zero-order valence-corrected chi connectivity index (χ0v) is 14.5. The van der Waals surface area contributed by atoms with Crippen LogP contribution in [0.4, 0.5) is 0 Å². The van der Waals surface area contributed by atoms with Gasteiger partial charge in [-0.2, -0.15) is 0 Å². The molecule has 2 unspecified atom stereocenters. The maximum Gasteiger partial charge on any atom is 0.307 e. The predicted octanol–water partition coefficient (Wildman–Crippen LogP) is 3.11.